The van der Waals surface area contributed by atoms with E-state index in [2.05, 4.69) is 16.0 Å². The van der Waals surface area contributed by atoms with Gasteiger partial charge in [0.2, 0.25) is 5.91 Å². The summed E-state index contributed by atoms with van der Waals surface area (Å²) in [6, 6.07) is 10.8. The van der Waals surface area contributed by atoms with Crippen LogP contribution < -0.4 is 20.7 Å². The summed E-state index contributed by atoms with van der Waals surface area (Å²) in [6.45, 7) is 3.37. The number of anilines is 3. The molecule has 7 heteroatoms. The lowest BCUT2D eigenvalue weighted by molar-refractivity contribution is -0.114. The van der Waals surface area contributed by atoms with Crippen molar-refractivity contribution in [2.24, 2.45) is 0 Å². The van der Waals surface area contributed by atoms with Gasteiger partial charge in [-0.25, -0.2) is 0 Å². The van der Waals surface area contributed by atoms with E-state index in [1.54, 1.807) is 25.3 Å². The number of nitrogens with one attached hydrogen (secondary N) is 3. The van der Waals surface area contributed by atoms with E-state index in [9.17, 15) is 4.79 Å². The van der Waals surface area contributed by atoms with Gasteiger partial charge >= 0.3 is 0 Å². The van der Waals surface area contributed by atoms with Crippen LogP contribution in [0, 0.1) is 6.92 Å². The fraction of sp³-hybridized carbons (Fsp3) is 0.176. The van der Waals surface area contributed by atoms with Crippen LogP contribution in [0.4, 0.5) is 17.1 Å². The van der Waals surface area contributed by atoms with Crippen LogP contribution >= 0.6 is 23.8 Å². The molecule has 0 aromatic heterocycles. The number of carbonyl (C=O) groups excluding carboxylic acids is 1. The molecule has 0 atom stereocenters. The van der Waals surface area contributed by atoms with Gasteiger partial charge in [0.25, 0.3) is 0 Å². The highest BCUT2D eigenvalue weighted by Gasteiger charge is 2.09. The van der Waals surface area contributed by atoms with Gasteiger partial charge in [-0.05, 0) is 61.1 Å². The lowest BCUT2D eigenvalue weighted by atomic mass is 10.2. The van der Waals surface area contributed by atoms with Crippen LogP contribution in [0.1, 0.15) is 12.5 Å². The molecular weight excluding hydrogens is 346 g/mol. The van der Waals surface area contributed by atoms with Crippen LogP contribution in [0.25, 0.3) is 0 Å². The smallest absolute Gasteiger partial charge is 0.221 e. The van der Waals surface area contributed by atoms with Crippen molar-refractivity contribution >= 4 is 51.9 Å². The number of ether oxygens (including phenoxy) is 1. The predicted molar refractivity (Wildman–Crippen MR) is 103 cm³/mol. The molecule has 0 aliphatic heterocycles. The van der Waals surface area contributed by atoms with Crippen molar-refractivity contribution in [1.82, 2.24) is 0 Å². The second kappa shape index (κ2) is 7.99. The van der Waals surface area contributed by atoms with Crippen LogP contribution in [0.2, 0.25) is 5.02 Å². The lowest BCUT2D eigenvalue weighted by Gasteiger charge is -2.15. The number of benzene rings is 2. The Labute approximate surface area is 151 Å². The molecule has 0 aliphatic carbocycles. The lowest BCUT2D eigenvalue weighted by Crippen LogP contribution is -2.19. The Balaban J connectivity index is 2.05. The zero-order valence-electron chi connectivity index (χ0n) is 13.6. The van der Waals surface area contributed by atoms with E-state index in [1.165, 1.54) is 6.92 Å². The predicted octanol–water partition coefficient (Wildman–Crippen LogP) is 4.42. The van der Waals surface area contributed by atoms with E-state index in [0.29, 0.717) is 21.6 Å². The fourth-order valence-corrected chi connectivity index (χ4v) is 2.44. The summed E-state index contributed by atoms with van der Waals surface area (Å²) in [5, 5.41) is 9.87. The highest BCUT2D eigenvalue weighted by atomic mass is 35.5. The Bertz CT molecular complexity index is 763. The van der Waals surface area contributed by atoms with Gasteiger partial charge in [-0.2, -0.15) is 0 Å². The summed E-state index contributed by atoms with van der Waals surface area (Å²) in [5.74, 6) is 0.540. The molecule has 0 unspecified atom stereocenters. The molecule has 2 aromatic rings. The topological polar surface area (TPSA) is 62.4 Å². The van der Waals surface area contributed by atoms with Crippen LogP contribution in [-0.2, 0) is 4.79 Å². The van der Waals surface area contributed by atoms with Gasteiger partial charge in [-0.15, -0.1) is 0 Å². The molecule has 5 nitrogen and oxygen atoms in total. The maximum atomic E-state index is 11.0. The van der Waals surface area contributed by atoms with Gasteiger partial charge in [0.15, 0.2) is 5.11 Å². The SMILES string of the molecule is COc1cc(C)c(Cl)cc1NC(=S)Nc1ccc(NC(C)=O)cc1. The molecule has 24 heavy (non-hydrogen) atoms. The maximum Gasteiger partial charge on any atom is 0.221 e. The first-order valence-corrected chi connectivity index (χ1v) is 7.97. The molecule has 0 saturated heterocycles. The Kier molecular flexibility index (Phi) is 6.00. The van der Waals surface area contributed by atoms with E-state index >= 15 is 0 Å². The summed E-state index contributed by atoms with van der Waals surface area (Å²) < 4.78 is 5.34. The first-order valence-electron chi connectivity index (χ1n) is 7.19. The number of aryl methyl sites for hydroxylation is 1. The molecule has 0 radical (unpaired) electrons. The third kappa shape index (κ3) is 4.84. The fourth-order valence-electron chi connectivity index (χ4n) is 2.05. The number of hydrogen-bond acceptors (Lipinski definition) is 3. The Morgan fingerprint density at radius 2 is 1.67 bits per heavy atom. The summed E-state index contributed by atoms with van der Waals surface area (Å²) >= 11 is 11.5. The number of hydrogen-bond donors (Lipinski definition) is 3. The molecule has 0 heterocycles. The summed E-state index contributed by atoms with van der Waals surface area (Å²) in [5.41, 5.74) is 3.12. The molecule has 1 amide bonds. The van der Waals surface area contributed by atoms with Gasteiger partial charge in [-0.1, -0.05) is 11.6 Å². The van der Waals surface area contributed by atoms with Crippen molar-refractivity contribution < 1.29 is 9.53 Å². The third-order valence-electron chi connectivity index (χ3n) is 3.19. The molecule has 0 fully saturated rings. The summed E-state index contributed by atoms with van der Waals surface area (Å²) in [6.07, 6.45) is 0. The average molecular weight is 364 g/mol. The number of carbonyl (C=O) groups is 1. The minimum atomic E-state index is -0.115. The van der Waals surface area contributed by atoms with Crippen molar-refractivity contribution in [2.45, 2.75) is 13.8 Å². The molecule has 3 N–H and O–H groups in total. The van der Waals surface area contributed by atoms with Crippen LogP contribution in [0.3, 0.4) is 0 Å². The van der Waals surface area contributed by atoms with Crippen molar-refractivity contribution in [1.29, 1.82) is 0 Å². The zero-order valence-corrected chi connectivity index (χ0v) is 15.1. The average Bonchev–Trinajstić information content (AvgIpc) is 2.52. The molecule has 0 bridgehead atoms. The van der Waals surface area contributed by atoms with Crippen LogP contribution in [-0.4, -0.2) is 18.1 Å². The van der Waals surface area contributed by atoms with Crippen molar-refractivity contribution in [3.05, 3.63) is 47.0 Å². The van der Waals surface area contributed by atoms with Gasteiger partial charge in [0.1, 0.15) is 5.75 Å². The first-order chi connectivity index (χ1) is 11.4. The third-order valence-corrected chi connectivity index (χ3v) is 3.80. The van der Waals surface area contributed by atoms with E-state index in [1.807, 2.05) is 25.1 Å². The van der Waals surface area contributed by atoms with E-state index in [4.69, 9.17) is 28.6 Å². The Hall–Kier alpha value is -2.31. The Morgan fingerprint density at radius 1 is 1.08 bits per heavy atom. The zero-order chi connectivity index (χ0) is 17.7. The van der Waals surface area contributed by atoms with Gasteiger partial charge in [0.05, 0.1) is 12.8 Å². The van der Waals surface area contributed by atoms with Crippen LogP contribution in [0.5, 0.6) is 5.75 Å². The normalized spacial score (nSPS) is 10.0. The highest BCUT2D eigenvalue weighted by molar-refractivity contribution is 7.80. The monoisotopic (exact) mass is 363 g/mol. The van der Waals surface area contributed by atoms with Crippen molar-refractivity contribution in [3.8, 4) is 5.75 Å². The van der Waals surface area contributed by atoms with Gasteiger partial charge in [0, 0.05) is 23.3 Å². The molecule has 126 valence electrons. The summed E-state index contributed by atoms with van der Waals surface area (Å²) in [7, 11) is 1.59. The van der Waals surface area contributed by atoms with Crippen molar-refractivity contribution in [2.75, 3.05) is 23.1 Å². The minimum Gasteiger partial charge on any atom is -0.495 e. The molecule has 2 aromatic carbocycles. The van der Waals surface area contributed by atoms with E-state index < -0.39 is 0 Å². The molecular formula is C17H18ClN3O2S. The number of methoxy groups -OCH3 is 1. The van der Waals surface area contributed by atoms with E-state index in [0.717, 1.165) is 16.9 Å². The second-order valence-corrected chi connectivity index (χ2v) is 5.95. The minimum absolute atomic E-state index is 0.115. The van der Waals surface area contributed by atoms with Crippen molar-refractivity contribution in [3.63, 3.8) is 0 Å². The van der Waals surface area contributed by atoms with Crippen LogP contribution in [0.15, 0.2) is 36.4 Å². The molecule has 2 rings (SSSR count). The highest BCUT2D eigenvalue weighted by Crippen LogP contribution is 2.31. The Morgan fingerprint density at radius 3 is 2.21 bits per heavy atom. The number of thiocarbonyl (C=S) groups is 1. The second-order valence-electron chi connectivity index (χ2n) is 5.14. The first kappa shape index (κ1) is 18.0. The molecule has 0 spiro atoms. The molecule has 0 saturated carbocycles. The quantitative estimate of drug-likeness (QED) is 0.702. The standard InChI is InChI=1S/C17H18ClN3O2S/c1-10-8-16(23-3)15(9-14(10)18)21-17(24)20-13-6-4-12(5-7-13)19-11(2)22/h4-9H,1-3H3,(H,19,22)(H2,20,21,24). The largest absolute Gasteiger partial charge is 0.495 e. The maximum absolute atomic E-state index is 11.0. The number of rotatable bonds is 4. The van der Waals surface area contributed by atoms with Gasteiger partial charge < -0.3 is 20.7 Å². The van der Waals surface area contributed by atoms with Gasteiger partial charge in [-0.3, -0.25) is 4.79 Å². The number of halogens is 1. The summed E-state index contributed by atoms with van der Waals surface area (Å²) in [4.78, 5) is 11.0. The number of amides is 1. The van der Waals surface area contributed by atoms with E-state index in [-0.39, 0.29) is 5.91 Å². The molecule has 0 aliphatic rings.